The highest BCUT2D eigenvalue weighted by Gasteiger charge is 2.22. The zero-order valence-corrected chi connectivity index (χ0v) is 14.4. The first kappa shape index (κ1) is 18.1. The molecule has 0 saturated heterocycles. The van der Waals surface area contributed by atoms with Crippen LogP contribution in [0.5, 0.6) is 0 Å². The van der Waals surface area contributed by atoms with Crippen LogP contribution < -0.4 is 5.32 Å². The van der Waals surface area contributed by atoms with Crippen LogP contribution in [0.2, 0.25) is 0 Å². The Bertz CT molecular complexity index is 336. The van der Waals surface area contributed by atoms with Crippen molar-refractivity contribution in [3.05, 3.63) is 12.2 Å². The zero-order valence-electron chi connectivity index (χ0n) is 14.4. The van der Waals surface area contributed by atoms with Crippen LogP contribution in [0.4, 0.5) is 4.79 Å². The monoisotopic (exact) mass is 295 g/mol. The molecule has 1 amide bonds. The summed E-state index contributed by atoms with van der Waals surface area (Å²) in [5.74, 6) is 1.23. The predicted molar refractivity (Wildman–Crippen MR) is 88.3 cm³/mol. The number of nitrogens with one attached hydrogen (secondary N) is 1. The average molecular weight is 295 g/mol. The molecule has 122 valence electrons. The maximum absolute atomic E-state index is 12.0. The van der Waals surface area contributed by atoms with Gasteiger partial charge in [0.2, 0.25) is 0 Å². The molecule has 1 rings (SSSR count). The molecule has 0 spiro atoms. The third-order valence-corrected chi connectivity index (χ3v) is 3.74. The molecule has 0 aromatic carbocycles. The Labute approximate surface area is 130 Å². The van der Waals surface area contributed by atoms with Crippen molar-refractivity contribution in [2.75, 3.05) is 0 Å². The number of ether oxygens (including phenoxy) is 1. The lowest BCUT2D eigenvalue weighted by Crippen LogP contribution is -2.39. The van der Waals surface area contributed by atoms with Gasteiger partial charge in [0.1, 0.15) is 5.60 Å². The summed E-state index contributed by atoms with van der Waals surface area (Å²) in [6.45, 7) is 10.00. The van der Waals surface area contributed by atoms with E-state index in [2.05, 4.69) is 31.3 Å². The molecule has 0 aliphatic heterocycles. The van der Waals surface area contributed by atoms with Gasteiger partial charge in [-0.05, 0) is 39.0 Å². The smallest absolute Gasteiger partial charge is 0.408 e. The molecule has 0 radical (unpaired) electrons. The lowest BCUT2D eigenvalue weighted by atomic mass is 9.84. The van der Waals surface area contributed by atoms with Crippen LogP contribution in [0.25, 0.3) is 0 Å². The number of allylic oxidation sites excluding steroid dienone is 1. The molecule has 1 unspecified atom stereocenters. The molecule has 0 aromatic heterocycles. The Morgan fingerprint density at radius 2 is 1.81 bits per heavy atom. The van der Waals surface area contributed by atoms with Crippen LogP contribution in [0.15, 0.2) is 12.2 Å². The van der Waals surface area contributed by atoms with Gasteiger partial charge in [-0.15, -0.1) is 0 Å². The van der Waals surface area contributed by atoms with Crippen LogP contribution in [0.3, 0.4) is 0 Å². The first-order chi connectivity index (χ1) is 9.76. The SMILES string of the molecule is CC(C)/C=C\C(CC1CCCCC1)NC(=O)OC(C)(C)C. The fraction of sp³-hybridized carbons (Fsp3) is 0.833. The molecule has 1 aliphatic rings. The van der Waals surface area contributed by atoms with Gasteiger partial charge in [-0.25, -0.2) is 4.79 Å². The third kappa shape index (κ3) is 8.79. The topological polar surface area (TPSA) is 38.3 Å². The Hall–Kier alpha value is -0.990. The first-order valence-electron chi connectivity index (χ1n) is 8.44. The summed E-state index contributed by atoms with van der Waals surface area (Å²) in [4.78, 5) is 12.0. The second-order valence-electron chi connectivity index (χ2n) is 7.62. The van der Waals surface area contributed by atoms with Crippen LogP contribution >= 0.6 is 0 Å². The van der Waals surface area contributed by atoms with E-state index in [-0.39, 0.29) is 12.1 Å². The van der Waals surface area contributed by atoms with E-state index in [9.17, 15) is 4.79 Å². The zero-order chi connectivity index (χ0) is 15.9. The molecule has 0 heterocycles. The Morgan fingerprint density at radius 3 is 2.33 bits per heavy atom. The minimum Gasteiger partial charge on any atom is -0.444 e. The number of hydrogen-bond acceptors (Lipinski definition) is 2. The molecule has 1 aliphatic carbocycles. The standard InChI is InChI=1S/C18H33NO2/c1-14(2)11-12-16(13-15-9-7-6-8-10-15)19-17(20)21-18(3,4)5/h11-12,14-16H,6-10,13H2,1-5H3,(H,19,20)/b12-11-. The van der Waals surface area contributed by atoms with Crippen molar-refractivity contribution in [3.8, 4) is 0 Å². The Balaban J connectivity index is 2.56. The van der Waals surface area contributed by atoms with Crippen molar-refractivity contribution in [2.45, 2.75) is 84.8 Å². The minimum absolute atomic E-state index is 0.0883. The molecule has 1 N–H and O–H groups in total. The molecular formula is C18H33NO2. The number of amides is 1. The highest BCUT2D eigenvalue weighted by Crippen LogP contribution is 2.27. The van der Waals surface area contributed by atoms with Gasteiger partial charge in [0.15, 0.2) is 0 Å². The second-order valence-corrected chi connectivity index (χ2v) is 7.62. The summed E-state index contributed by atoms with van der Waals surface area (Å²) in [6, 6.07) is 0.0883. The average Bonchev–Trinajstić information content (AvgIpc) is 2.34. The van der Waals surface area contributed by atoms with Crippen LogP contribution in [-0.4, -0.2) is 17.7 Å². The number of alkyl carbamates (subject to hydrolysis) is 1. The van der Waals surface area contributed by atoms with Crippen molar-refractivity contribution in [3.63, 3.8) is 0 Å². The van der Waals surface area contributed by atoms with Crippen LogP contribution in [0.1, 0.15) is 73.1 Å². The molecule has 3 heteroatoms. The molecule has 21 heavy (non-hydrogen) atoms. The summed E-state index contributed by atoms with van der Waals surface area (Å²) < 4.78 is 5.38. The van der Waals surface area contributed by atoms with Gasteiger partial charge in [0, 0.05) is 0 Å². The molecule has 1 fully saturated rings. The molecule has 1 saturated carbocycles. The van der Waals surface area contributed by atoms with E-state index in [0.717, 1.165) is 12.3 Å². The van der Waals surface area contributed by atoms with Gasteiger partial charge in [-0.2, -0.15) is 0 Å². The summed E-state index contributed by atoms with van der Waals surface area (Å²) in [5.41, 5.74) is -0.443. The summed E-state index contributed by atoms with van der Waals surface area (Å²) in [7, 11) is 0. The fourth-order valence-corrected chi connectivity index (χ4v) is 2.78. The Morgan fingerprint density at radius 1 is 1.19 bits per heavy atom. The number of carbonyl (C=O) groups excluding carboxylic acids is 1. The van der Waals surface area contributed by atoms with Crippen molar-refractivity contribution >= 4 is 6.09 Å². The van der Waals surface area contributed by atoms with Crippen molar-refractivity contribution in [2.24, 2.45) is 11.8 Å². The number of rotatable bonds is 5. The highest BCUT2D eigenvalue weighted by atomic mass is 16.6. The fourth-order valence-electron chi connectivity index (χ4n) is 2.78. The van der Waals surface area contributed by atoms with E-state index in [1.165, 1.54) is 32.1 Å². The summed E-state index contributed by atoms with van der Waals surface area (Å²) in [5, 5.41) is 3.03. The van der Waals surface area contributed by atoms with E-state index in [1.807, 2.05) is 20.8 Å². The van der Waals surface area contributed by atoms with Crippen molar-refractivity contribution in [1.82, 2.24) is 5.32 Å². The third-order valence-electron chi connectivity index (χ3n) is 3.74. The van der Waals surface area contributed by atoms with Gasteiger partial charge in [0.25, 0.3) is 0 Å². The van der Waals surface area contributed by atoms with E-state index >= 15 is 0 Å². The highest BCUT2D eigenvalue weighted by molar-refractivity contribution is 5.68. The van der Waals surface area contributed by atoms with Crippen LogP contribution in [0, 0.1) is 11.8 Å². The number of hydrogen-bond donors (Lipinski definition) is 1. The van der Waals surface area contributed by atoms with Crippen molar-refractivity contribution < 1.29 is 9.53 Å². The second kappa shape index (κ2) is 8.45. The minimum atomic E-state index is -0.443. The molecule has 0 aromatic rings. The van der Waals surface area contributed by atoms with Gasteiger partial charge in [0.05, 0.1) is 6.04 Å². The van der Waals surface area contributed by atoms with E-state index in [0.29, 0.717) is 5.92 Å². The molecule has 3 nitrogen and oxygen atoms in total. The van der Waals surface area contributed by atoms with Gasteiger partial charge in [-0.3, -0.25) is 0 Å². The van der Waals surface area contributed by atoms with Gasteiger partial charge < -0.3 is 10.1 Å². The largest absolute Gasteiger partial charge is 0.444 e. The van der Waals surface area contributed by atoms with Gasteiger partial charge in [-0.1, -0.05) is 58.1 Å². The lowest BCUT2D eigenvalue weighted by Gasteiger charge is -2.27. The lowest BCUT2D eigenvalue weighted by molar-refractivity contribution is 0.0507. The Kier molecular flexibility index (Phi) is 7.27. The summed E-state index contributed by atoms with van der Waals surface area (Å²) >= 11 is 0. The maximum Gasteiger partial charge on any atom is 0.408 e. The van der Waals surface area contributed by atoms with E-state index in [1.54, 1.807) is 0 Å². The maximum atomic E-state index is 12.0. The van der Waals surface area contributed by atoms with Crippen LogP contribution in [-0.2, 0) is 4.74 Å². The molecule has 1 atom stereocenters. The van der Waals surface area contributed by atoms with Gasteiger partial charge >= 0.3 is 6.09 Å². The molecule has 0 bridgehead atoms. The summed E-state index contributed by atoms with van der Waals surface area (Å²) in [6.07, 6.45) is 11.6. The van der Waals surface area contributed by atoms with E-state index in [4.69, 9.17) is 4.74 Å². The first-order valence-corrected chi connectivity index (χ1v) is 8.44. The molecular weight excluding hydrogens is 262 g/mol. The van der Waals surface area contributed by atoms with Crippen molar-refractivity contribution in [1.29, 1.82) is 0 Å². The normalized spacial score (nSPS) is 19.0. The van der Waals surface area contributed by atoms with E-state index < -0.39 is 5.60 Å². The predicted octanol–water partition coefficient (Wildman–Crippen LogP) is 5.06. The number of carbonyl (C=O) groups is 1. The quantitative estimate of drug-likeness (QED) is 0.720.